The minimum absolute atomic E-state index is 0.172. The van der Waals surface area contributed by atoms with Gasteiger partial charge in [0, 0.05) is 6.04 Å². The van der Waals surface area contributed by atoms with Crippen molar-refractivity contribution in [1.82, 2.24) is 0 Å². The summed E-state index contributed by atoms with van der Waals surface area (Å²) in [6.45, 7) is 0. The monoisotopic (exact) mass is 283 g/mol. The molecule has 2 N–H and O–H groups in total. The molecule has 2 heteroatoms. The Labute approximate surface area is 126 Å². The quantitative estimate of drug-likeness (QED) is 0.894. The molecule has 0 aliphatic heterocycles. The van der Waals surface area contributed by atoms with Crippen molar-refractivity contribution in [1.29, 1.82) is 0 Å². The fraction of sp³-hybridized carbons (Fsp3) is 0.368. The van der Waals surface area contributed by atoms with Gasteiger partial charge in [-0.15, -0.1) is 0 Å². The van der Waals surface area contributed by atoms with Gasteiger partial charge in [0.05, 0.1) is 0 Å². The molecule has 0 aromatic heterocycles. The van der Waals surface area contributed by atoms with Crippen LogP contribution in [0.15, 0.2) is 54.6 Å². The third-order valence-electron chi connectivity index (χ3n) is 4.72. The van der Waals surface area contributed by atoms with Crippen LogP contribution in [0.2, 0.25) is 0 Å². The summed E-state index contributed by atoms with van der Waals surface area (Å²) < 4.78 is 13.0. The second-order valence-electron chi connectivity index (χ2n) is 6.18. The lowest BCUT2D eigenvalue weighted by Crippen LogP contribution is -2.36. The van der Waals surface area contributed by atoms with Gasteiger partial charge in [-0.05, 0) is 60.8 Å². The minimum Gasteiger partial charge on any atom is -0.327 e. The lowest BCUT2D eigenvalue weighted by Gasteiger charge is -2.34. The molecule has 3 atom stereocenters. The lowest BCUT2D eigenvalue weighted by molar-refractivity contribution is 0.277. The molecule has 1 aliphatic carbocycles. The van der Waals surface area contributed by atoms with Crippen LogP contribution >= 0.6 is 0 Å². The summed E-state index contributed by atoms with van der Waals surface area (Å²) in [5, 5.41) is 0. The smallest absolute Gasteiger partial charge is 0.123 e. The Morgan fingerprint density at radius 2 is 1.67 bits per heavy atom. The van der Waals surface area contributed by atoms with Crippen molar-refractivity contribution in [2.45, 2.75) is 37.6 Å². The van der Waals surface area contributed by atoms with Crippen LogP contribution in [0.4, 0.5) is 4.39 Å². The zero-order valence-corrected chi connectivity index (χ0v) is 12.2. The summed E-state index contributed by atoms with van der Waals surface area (Å²) in [6.07, 6.45) is 4.32. The maximum absolute atomic E-state index is 13.0. The van der Waals surface area contributed by atoms with Gasteiger partial charge < -0.3 is 5.73 Å². The second-order valence-corrected chi connectivity index (χ2v) is 6.18. The molecule has 1 fully saturated rings. The molecule has 1 saturated carbocycles. The summed E-state index contributed by atoms with van der Waals surface area (Å²) >= 11 is 0. The molecule has 110 valence electrons. The summed E-state index contributed by atoms with van der Waals surface area (Å²) in [4.78, 5) is 0. The molecule has 0 spiro atoms. The predicted octanol–water partition coefficient (Wildman–Crippen LogP) is 4.28. The van der Waals surface area contributed by atoms with E-state index in [4.69, 9.17) is 5.73 Å². The summed E-state index contributed by atoms with van der Waals surface area (Å²) in [5.74, 6) is 0.916. The molecule has 1 aliphatic rings. The Morgan fingerprint density at radius 3 is 2.38 bits per heavy atom. The van der Waals surface area contributed by atoms with Crippen LogP contribution in [-0.2, 0) is 6.42 Å². The highest BCUT2D eigenvalue weighted by Gasteiger charge is 2.28. The van der Waals surface area contributed by atoms with E-state index in [1.807, 2.05) is 12.1 Å². The van der Waals surface area contributed by atoms with Gasteiger partial charge in [0.1, 0.15) is 5.82 Å². The molecule has 0 radical (unpaired) electrons. The Balaban J connectivity index is 1.70. The first kappa shape index (κ1) is 14.3. The van der Waals surface area contributed by atoms with E-state index in [0.29, 0.717) is 11.8 Å². The molecule has 0 heterocycles. The molecular weight excluding hydrogens is 261 g/mol. The van der Waals surface area contributed by atoms with Crippen molar-refractivity contribution in [3.63, 3.8) is 0 Å². The van der Waals surface area contributed by atoms with Gasteiger partial charge in [0.15, 0.2) is 0 Å². The van der Waals surface area contributed by atoms with Crippen LogP contribution in [0.1, 0.15) is 36.3 Å². The molecule has 0 bridgehead atoms. The third-order valence-corrected chi connectivity index (χ3v) is 4.72. The Kier molecular flexibility index (Phi) is 4.35. The van der Waals surface area contributed by atoms with Crippen molar-refractivity contribution >= 4 is 0 Å². The molecule has 0 amide bonds. The predicted molar refractivity (Wildman–Crippen MR) is 84.6 cm³/mol. The standard InChI is InChI=1S/C19H22FN/c20-18-9-6-14(7-10-18)12-17-13-16(8-11-19(17)21)15-4-2-1-3-5-15/h1-7,9-10,16-17,19H,8,11-13,21H2. The van der Waals surface area contributed by atoms with Crippen molar-refractivity contribution < 1.29 is 4.39 Å². The largest absolute Gasteiger partial charge is 0.327 e. The van der Waals surface area contributed by atoms with E-state index < -0.39 is 0 Å². The first-order chi connectivity index (χ1) is 10.2. The molecule has 0 saturated heterocycles. The molecule has 2 aromatic rings. The highest BCUT2D eigenvalue weighted by Crippen LogP contribution is 2.37. The Morgan fingerprint density at radius 1 is 0.952 bits per heavy atom. The first-order valence-corrected chi connectivity index (χ1v) is 7.77. The zero-order chi connectivity index (χ0) is 14.7. The average Bonchev–Trinajstić information content (AvgIpc) is 2.52. The number of nitrogens with two attached hydrogens (primary N) is 1. The van der Waals surface area contributed by atoms with Gasteiger partial charge in [0.2, 0.25) is 0 Å². The normalized spacial score (nSPS) is 25.7. The SMILES string of the molecule is NC1CCC(c2ccccc2)CC1Cc1ccc(F)cc1. The fourth-order valence-electron chi connectivity index (χ4n) is 3.47. The highest BCUT2D eigenvalue weighted by atomic mass is 19.1. The van der Waals surface area contributed by atoms with Gasteiger partial charge >= 0.3 is 0 Å². The topological polar surface area (TPSA) is 26.0 Å². The summed E-state index contributed by atoms with van der Waals surface area (Å²) in [5.41, 5.74) is 8.93. The lowest BCUT2D eigenvalue weighted by atomic mass is 9.73. The van der Waals surface area contributed by atoms with Crippen molar-refractivity contribution in [3.05, 3.63) is 71.5 Å². The van der Waals surface area contributed by atoms with Gasteiger partial charge in [-0.1, -0.05) is 42.5 Å². The summed E-state index contributed by atoms with van der Waals surface area (Å²) in [7, 11) is 0. The van der Waals surface area contributed by atoms with E-state index >= 15 is 0 Å². The minimum atomic E-state index is -0.172. The highest BCUT2D eigenvalue weighted by molar-refractivity contribution is 5.22. The van der Waals surface area contributed by atoms with E-state index in [1.54, 1.807) is 12.1 Å². The molecule has 2 aromatic carbocycles. The van der Waals surface area contributed by atoms with Crippen LogP contribution in [0.25, 0.3) is 0 Å². The number of halogens is 1. The molecular formula is C19H22FN. The fourth-order valence-corrected chi connectivity index (χ4v) is 3.47. The maximum atomic E-state index is 13.0. The van der Waals surface area contributed by atoms with Crippen molar-refractivity contribution in [2.75, 3.05) is 0 Å². The number of benzene rings is 2. The Bertz CT molecular complexity index is 564. The molecule has 3 rings (SSSR count). The number of rotatable bonds is 3. The van der Waals surface area contributed by atoms with Crippen molar-refractivity contribution in [3.8, 4) is 0 Å². The van der Waals surface area contributed by atoms with E-state index in [1.165, 1.54) is 17.5 Å². The van der Waals surface area contributed by atoms with Gasteiger partial charge in [-0.3, -0.25) is 0 Å². The van der Waals surface area contributed by atoms with Crippen LogP contribution in [0.3, 0.4) is 0 Å². The van der Waals surface area contributed by atoms with E-state index in [9.17, 15) is 4.39 Å². The average molecular weight is 283 g/mol. The summed E-state index contributed by atoms with van der Waals surface area (Å²) in [6, 6.07) is 17.8. The Hall–Kier alpha value is -1.67. The van der Waals surface area contributed by atoms with E-state index in [0.717, 1.165) is 19.3 Å². The van der Waals surface area contributed by atoms with E-state index in [-0.39, 0.29) is 11.9 Å². The van der Waals surface area contributed by atoms with Gasteiger partial charge in [-0.2, -0.15) is 0 Å². The molecule has 1 nitrogen and oxygen atoms in total. The van der Waals surface area contributed by atoms with E-state index in [2.05, 4.69) is 30.3 Å². The van der Waals surface area contributed by atoms with Crippen molar-refractivity contribution in [2.24, 2.45) is 11.7 Å². The van der Waals surface area contributed by atoms with Crippen LogP contribution in [-0.4, -0.2) is 6.04 Å². The van der Waals surface area contributed by atoms with Gasteiger partial charge in [0.25, 0.3) is 0 Å². The number of hydrogen-bond acceptors (Lipinski definition) is 1. The maximum Gasteiger partial charge on any atom is 0.123 e. The second kappa shape index (κ2) is 6.40. The first-order valence-electron chi connectivity index (χ1n) is 7.77. The van der Waals surface area contributed by atoms with Gasteiger partial charge in [-0.25, -0.2) is 4.39 Å². The van der Waals surface area contributed by atoms with Crippen LogP contribution in [0.5, 0.6) is 0 Å². The zero-order valence-electron chi connectivity index (χ0n) is 12.2. The third kappa shape index (κ3) is 3.51. The van der Waals surface area contributed by atoms with Crippen LogP contribution < -0.4 is 5.73 Å². The number of hydrogen-bond donors (Lipinski definition) is 1. The molecule has 21 heavy (non-hydrogen) atoms. The van der Waals surface area contributed by atoms with Crippen LogP contribution in [0, 0.1) is 11.7 Å². The molecule has 3 unspecified atom stereocenters.